The molecule has 1 aromatic rings. The Labute approximate surface area is 125 Å². The average molecular weight is 290 g/mol. The lowest BCUT2D eigenvalue weighted by molar-refractivity contribution is -0.149. The molecule has 21 heavy (non-hydrogen) atoms. The van der Waals surface area contributed by atoms with Crippen LogP contribution >= 0.6 is 0 Å². The van der Waals surface area contributed by atoms with Crippen LogP contribution < -0.4 is 10.2 Å². The molecule has 0 saturated heterocycles. The monoisotopic (exact) mass is 290 g/mol. The van der Waals surface area contributed by atoms with Crippen LogP contribution in [0.25, 0.3) is 0 Å². The molecule has 114 valence electrons. The molecule has 1 amide bonds. The number of benzene rings is 1. The molecule has 0 aliphatic carbocycles. The summed E-state index contributed by atoms with van der Waals surface area (Å²) in [5.41, 5.74) is 0.780. The second kappa shape index (κ2) is 5.39. The second-order valence-corrected chi connectivity index (χ2v) is 6.10. The molecule has 0 saturated carbocycles. The van der Waals surface area contributed by atoms with Crippen molar-refractivity contribution in [3.05, 3.63) is 24.3 Å². The van der Waals surface area contributed by atoms with Gasteiger partial charge in [-0.3, -0.25) is 9.69 Å². The lowest BCUT2D eigenvalue weighted by Crippen LogP contribution is -2.58. The number of carbonyl (C=O) groups excluding carboxylic acids is 2. The molecule has 1 heterocycles. The lowest BCUT2D eigenvalue weighted by Gasteiger charge is -2.41. The Morgan fingerprint density at radius 1 is 1.24 bits per heavy atom. The summed E-state index contributed by atoms with van der Waals surface area (Å²) in [7, 11) is 0. The first-order valence-electron chi connectivity index (χ1n) is 7.15. The van der Waals surface area contributed by atoms with Crippen molar-refractivity contribution in [2.75, 3.05) is 10.2 Å². The molecule has 0 bridgehead atoms. The molecular weight excluding hydrogens is 268 g/mol. The van der Waals surface area contributed by atoms with Crippen LogP contribution in [-0.4, -0.2) is 29.6 Å². The van der Waals surface area contributed by atoms with Crippen LogP contribution in [0.4, 0.5) is 11.4 Å². The van der Waals surface area contributed by atoms with Crippen molar-refractivity contribution in [2.45, 2.75) is 52.3 Å². The van der Waals surface area contributed by atoms with Crippen molar-refractivity contribution >= 4 is 23.3 Å². The van der Waals surface area contributed by atoms with Crippen LogP contribution in [0.15, 0.2) is 24.3 Å². The van der Waals surface area contributed by atoms with Crippen LogP contribution in [0.3, 0.4) is 0 Å². The van der Waals surface area contributed by atoms with Gasteiger partial charge >= 0.3 is 5.97 Å². The van der Waals surface area contributed by atoms with Crippen molar-refractivity contribution < 1.29 is 14.3 Å². The highest BCUT2D eigenvalue weighted by molar-refractivity contribution is 6.10. The highest BCUT2D eigenvalue weighted by atomic mass is 16.5. The predicted molar refractivity (Wildman–Crippen MR) is 82.3 cm³/mol. The Morgan fingerprint density at radius 2 is 1.86 bits per heavy atom. The van der Waals surface area contributed by atoms with E-state index in [0.717, 1.165) is 5.69 Å². The number of ether oxygens (including phenoxy) is 1. The first-order chi connectivity index (χ1) is 9.74. The fourth-order valence-electron chi connectivity index (χ4n) is 2.41. The average Bonchev–Trinajstić information content (AvgIpc) is 2.38. The Balaban J connectivity index is 2.41. The zero-order valence-corrected chi connectivity index (χ0v) is 13.1. The zero-order chi connectivity index (χ0) is 15.8. The number of nitrogens with one attached hydrogen (secondary N) is 1. The van der Waals surface area contributed by atoms with Crippen molar-refractivity contribution in [1.82, 2.24) is 0 Å². The molecule has 1 aliphatic heterocycles. The number of hydrogen-bond donors (Lipinski definition) is 1. The number of rotatable bonds is 3. The van der Waals surface area contributed by atoms with Crippen molar-refractivity contribution in [1.29, 1.82) is 0 Å². The summed E-state index contributed by atoms with van der Waals surface area (Å²) in [6.45, 7) is 8.89. The molecule has 0 fully saturated rings. The maximum Gasteiger partial charge on any atom is 0.329 e. The van der Waals surface area contributed by atoms with Gasteiger partial charge in [-0.25, -0.2) is 4.79 Å². The van der Waals surface area contributed by atoms with Gasteiger partial charge in [0.05, 0.1) is 17.5 Å². The van der Waals surface area contributed by atoms with E-state index in [4.69, 9.17) is 4.74 Å². The number of nitrogens with zero attached hydrogens (tertiary/aromatic N) is 1. The molecule has 0 spiro atoms. The fraction of sp³-hybridized carbons (Fsp3) is 0.500. The normalized spacial score (nSPS) is 18.0. The molecule has 1 atom stereocenters. The Kier molecular flexibility index (Phi) is 3.94. The van der Waals surface area contributed by atoms with Crippen LogP contribution in [0.1, 0.15) is 34.6 Å². The van der Waals surface area contributed by atoms with Gasteiger partial charge in [0.2, 0.25) is 0 Å². The van der Waals surface area contributed by atoms with Gasteiger partial charge < -0.3 is 10.1 Å². The molecular formula is C16H22N2O3. The van der Waals surface area contributed by atoms with E-state index in [1.807, 2.05) is 24.3 Å². The highest BCUT2D eigenvalue weighted by Crippen LogP contribution is 2.36. The number of fused-ring (bicyclic) bond motifs is 1. The molecule has 5 heteroatoms. The van der Waals surface area contributed by atoms with Crippen LogP contribution in [0.2, 0.25) is 0 Å². The summed E-state index contributed by atoms with van der Waals surface area (Å²) in [6, 6.07) is 6.81. The molecule has 0 aromatic heterocycles. The third-order valence-corrected chi connectivity index (χ3v) is 3.44. The van der Waals surface area contributed by atoms with Crippen LogP contribution in [0, 0.1) is 0 Å². The van der Waals surface area contributed by atoms with Gasteiger partial charge in [0.1, 0.15) is 11.6 Å². The van der Waals surface area contributed by atoms with Crippen molar-refractivity contribution in [3.63, 3.8) is 0 Å². The topological polar surface area (TPSA) is 58.6 Å². The smallest absolute Gasteiger partial charge is 0.329 e. The molecule has 1 unspecified atom stereocenters. The molecule has 5 nitrogen and oxygen atoms in total. The van der Waals surface area contributed by atoms with Crippen molar-refractivity contribution in [2.24, 2.45) is 0 Å². The minimum Gasteiger partial charge on any atom is -0.461 e. The number of carbonyl (C=O) groups is 2. The maximum atomic E-state index is 12.7. The van der Waals surface area contributed by atoms with Gasteiger partial charge in [0.25, 0.3) is 5.91 Å². The van der Waals surface area contributed by atoms with Crippen LogP contribution in [-0.2, 0) is 14.3 Å². The van der Waals surface area contributed by atoms with Gasteiger partial charge in [-0.05, 0) is 46.8 Å². The Hall–Kier alpha value is -2.04. The van der Waals surface area contributed by atoms with Gasteiger partial charge in [0.15, 0.2) is 0 Å². The highest BCUT2D eigenvalue weighted by Gasteiger charge is 2.42. The minimum atomic E-state index is -0.763. The SMILES string of the molecule is CC(C)OC(=O)C(C)N1C(=O)C(C)(C)Nc2ccccc21. The standard InChI is InChI=1S/C16H22N2O3/c1-10(2)21-14(19)11(3)18-13-9-7-6-8-12(13)17-16(4,5)15(18)20/h6-11,17H,1-5H3. The van der Waals surface area contributed by atoms with E-state index in [-0.39, 0.29) is 12.0 Å². The van der Waals surface area contributed by atoms with E-state index in [0.29, 0.717) is 5.69 Å². The third kappa shape index (κ3) is 2.86. The summed E-state index contributed by atoms with van der Waals surface area (Å²) in [5.74, 6) is -0.541. The number of para-hydroxylation sites is 2. The summed E-state index contributed by atoms with van der Waals surface area (Å²) in [4.78, 5) is 26.4. The molecule has 1 N–H and O–H groups in total. The predicted octanol–water partition coefficient (Wildman–Crippen LogP) is 2.56. The minimum absolute atomic E-state index is 0.144. The van der Waals surface area contributed by atoms with E-state index in [1.165, 1.54) is 4.90 Å². The lowest BCUT2D eigenvalue weighted by atomic mass is 9.96. The summed E-state index contributed by atoms with van der Waals surface area (Å²) >= 11 is 0. The fourth-order valence-corrected chi connectivity index (χ4v) is 2.41. The van der Waals surface area contributed by atoms with E-state index < -0.39 is 17.6 Å². The van der Waals surface area contributed by atoms with E-state index in [1.54, 1.807) is 34.6 Å². The van der Waals surface area contributed by atoms with Gasteiger partial charge in [-0.1, -0.05) is 12.1 Å². The summed E-state index contributed by atoms with van der Waals surface area (Å²) in [6.07, 6.45) is -0.207. The Bertz CT molecular complexity index is 566. The molecule has 2 rings (SSSR count). The van der Waals surface area contributed by atoms with Crippen molar-refractivity contribution in [3.8, 4) is 0 Å². The number of hydrogen-bond acceptors (Lipinski definition) is 4. The van der Waals surface area contributed by atoms with E-state index in [2.05, 4.69) is 5.32 Å². The summed E-state index contributed by atoms with van der Waals surface area (Å²) in [5, 5.41) is 3.21. The van der Waals surface area contributed by atoms with Gasteiger partial charge in [0, 0.05) is 0 Å². The molecule has 1 aromatic carbocycles. The quantitative estimate of drug-likeness (QED) is 0.869. The van der Waals surface area contributed by atoms with E-state index >= 15 is 0 Å². The van der Waals surface area contributed by atoms with Gasteiger partial charge in [-0.15, -0.1) is 0 Å². The summed E-state index contributed by atoms with van der Waals surface area (Å²) < 4.78 is 5.24. The molecule has 1 aliphatic rings. The maximum absolute atomic E-state index is 12.7. The first kappa shape index (κ1) is 15.4. The largest absolute Gasteiger partial charge is 0.461 e. The number of amides is 1. The van der Waals surface area contributed by atoms with Crippen LogP contribution in [0.5, 0.6) is 0 Å². The van der Waals surface area contributed by atoms with Gasteiger partial charge in [-0.2, -0.15) is 0 Å². The number of anilines is 2. The second-order valence-electron chi connectivity index (χ2n) is 6.10. The third-order valence-electron chi connectivity index (χ3n) is 3.44. The molecule has 0 radical (unpaired) electrons. The zero-order valence-electron chi connectivity index (χ0n) is 13.1. The van der Waals surface area contributed by atoms with E-state index in [9.17, 15) is 9.59 Å². The number of esters is 1. The Morgan fingerprint density at radius 3 is 2.48 bits per heavy atom. The first-order valence-corrected chi connectivity index (χ1v) is 7.15.